The van der Waals surface area contributed by atoms with Gasteiger partial charge in [-0.25, -0.2) is 4.79 Å². The molecule has 0 unspecified atom stereocenters. The van der Waals surface area contributed by atoms with Gasteiger partial charge >= 0.3 is 5.97 Å². The van der Waals surface area contributed by atoms with E-state index in [9.17, 15) is 4.79 Å². The van der Waals surface area contributed by atoms with Crippen molar-refractivity contribution in [1.29, 1.82) is 0 Å². The van der Waals surface area contributed by atoms with Crippen molar-refractivity contribution < 1.29 is 9.63 Å². The Balaban J connectivity index is 1.66. The number of hydrogen-bond acceptors (Lipinski definition) is 4. The molecule has 0 fully saturated rings. The highest BCUT2D eigenvalue weighted by atomic mass is 35.5. The molecule has 0 saturated heterocycles. The van der Waals surface area contributed by atoms with E-state index in [4.69, 9.17) is 33.0 Å². The maximum absolute atomic E-state index is 14.0. The number of carbonyl (C=O) groups excluding carboxylic acids is 1. The lowest BCUT2D eigenvalue weighted by molar-refractivity contribution is -0.147. The van der Waals surface area contributed by atoms with Gasteiger partial charge in [0.2, 0.25) is 0 Å². The van der Waals surface area contributed by atoms with Crippen molar-refractivity contribution in [2.75, 3.05) is 0 Å². The van der Waals surface area contributed by atoms with Gasteiger partial charge in [-0.3, -0.25) is 4.99 Å². The van der Waals surface area contributed by atoms with Crippen molar-refractivity contribution in [3.63, 3.8) is 0 Å². The summed E-state index contributed by atoms with van der Waals surface area (Å²) in [6.45, 7) is 0. The predicted molar refractivity (Wildman–Crippen MR) is 148 cm³/mol. The second kappa shape index (κ2) is 9.47. The van der Waals surface area contributed by atoms with Gasteiger partial charge in [-0.15, -0.1) is 0 Å². The Bertz CT molecular complexity index is 1560. The maximum atomic E-state index is 14.0. The quantitative estimate of drug-likeness (QED) is 0.259. The average molecular weight is 523 g/mol. The van der Waals surface area contributed by atoms with E-state index >= 15 is 0 Å². The fourth-order valence-corrected chi connectivity index (χ4v) is 5.27. The minimum atomic E-state index is -1.31. The fraction of sp³-hybridized carbons (Fsp3) is 0.0645. The Morgan fingerprint density at radius 2 is 1.30 bits per heavy atom. The normalized spacial score (nSPS) is 21.7. The van der Waals surface area contributed by atoms with Gasteiger partial charge in [0.05, 0.1) is 5.71 Å². The first-order valence-electron chi connectivity index (χ1n) is 11.8. The molecule has 4 aromatic carbocycles. The number of rotatable bonds is 4. The molecule has 2 aliphatic heterocycles. The second-order valence-corrected chi connectivity index (χ2v) is 9.77. The molecule has 37 heavy (non-hydrogen) atoms. The molecule has 6 heteroatoms. The number of hydrogen-bond donors (Lipinski definition) is 0. The zero-order chi connectivity index (χ0) is 25.4. The largest absolute Gasteiger partial charge is 0.354 e. The van der Waals surface area contributed by atoms with Crippen LogP contribution in [0.25, 0.3) is 6.08 Å². The van der Waals surface area contributed by atoms with E-state index in [1.165, 1.54) is 0 Å². The number of nitrogens with zero attached hydrogens (tertiary/aromatic N) is 2. The zero-order valence-corrected chi connectivity index (χ0v) is 21.0. The molecule has 6 rings (SSSR count). The first kappa shape index (κ1) is 23.4. The monoisotopic (exact) mass is 522 g/mol. The minimum absolute atomic E-state index is 0.471. The number of carbonyl (C=O) groups is 1. The summed E-state index contributed by atoms with van der Waals surface area (Å²) in [5.41, 5.74) is 4.03. The molecule has 2 heterocycles. The highest BCUT2D eigenvalue weighted by Crippen LogP contribution is 2.55. The lowest BCUT2D eigenvalue weighted by Gasteiger charge is -2.29. The molecular formula is C31H20Cl2N2O2. The van der Waals surface area contributed by atoms with Crippen LogP contribution in [0.5, 0.6) is 0 Å². The van der Waals surface area contributed by atoms with Crippen LogP contribution in [0.15, 0.2) is 125 Å². The second-order valence-electron chi connectivity index (χ2n) is 8.90. The average Bonchev–Trinajstić information content (AvgIpc) is 3.45. The third kappa shape index (κ3) is 3.99. The maximum Gasteiger partial charge on any atom is 0.354 e. The summed E-state index contributed by atoms with van der Waals surface area (Å²) < 4.78 is 0. The molecule has 4 aromatic rings. The highest BCUT2D eigenvalue weighted by Gasteiger charge is 2.63. The summed E-state index contributed by atoms with van der Waals surface area (Å²) in [5.74, 6) is -0.471. The van der Waals surface area contributed by atoms with Crippen LogP contribution in [-0.2, 0) is 9.63 Å². The molecule has 0 aromatic heterocycles. The molecule has 4 nitrogen and oxygen atoms in total. The lowest BCUT2D eigenvalue weighted by Crippen LogP contribution is -2.41. The van der Waals surface area contributed by atoms with Crippen molar-refractivity contribution in [2.24, 2.45) is 15.6 Å². The zero-order valence-electron chi connectivity index (χ0n) is 19.5. The smallest absolute Gasteiger partial charge is 0.316 e. The Morgan fingerprint density at radius 1 is 0.730 bits per heavy atom. The Hall–Kier alpha value is -3.99. The molecule has 0 aliphatic carbocycles. The third-order valence-electron chi connectivity index (χ3n) is 6.72. The molecular weight excluding hydrogens is 503 g/mol. The summed E-state index contributed by atoms with van der Waals surface area (Å²) in [6, 6.07) is 33.8. The SMILES string of the molecule is O=C1ON=C(c2ccccc2)[C@@]12/C(=C\c1ccc(Cl)cc1)C(c1ccccc1)=N[C@H]2c1ccc(Cl)cc1. The first-order chi connectivity index (χ1) is 18.1. The van der Waals surface area contributed by atoms with Gasteiger partial charge in [0, 0.05) is 26.7 Å². The van der Waals surface area contributed by atoms with Gasteiger partial charge < -0.3 is 4.84 Å². The standard InChI is InChI=1S/C31H20Cl2N2O2/c32-24-15-11-20(12-16-24)19-26-27(21-7-3-1-4-8-21)34-28(23-13-17-25(33)18-14-23)31(26)29(35-37-30(31)36)22-9-5-2-6-10-22/h1-19,28H/b26-19-/t28-,31-/m0/s1. The van der Waals surface area contributed by atoms with E-state index in [0.717, 1.165) is 22.3 Å². The molecule has 0 bridgehead atoms. The Morgan fingerprint density at radius 3 is 1.92 bits per heavy atom. The first-order valence-corrected chi connectivity index (χ1v) is 12.5. The van der Waals surface area contributed by atoms with Crippen LogP contribution in [0.1, 0.15) is 28.3 Å². The third-order valence-corrected chi connectivity index (χ3v) is 7.23. The topological polar surface area (TPSA) is 51.0 Å². The summed E-state index contributed by atoms with van der Waals surface area (Å²) in [7, 11) is 0. The Labute approximate surface area is 224 Å². The van der Waals surface area contributed by atoms with Gasteiger partial charge in [0.25, 0.3) is 0 Å². The lowest BCUT2D eigenvalue weighted by atomic mass is 9.67. The van der Waals surface area contributed by atoms with E-state index in [1.807, 2.05) is 115 Å². The Kier molecular flexibility index (Phi) is 5.99. The van der Waals surface area contributed by atoms with Gasteiger partial charge in [0.15, 0.2) is 5.41 Å². The van der Waals surface area contributed by atoms with Crippen LogP contribution in [0.2, 0.25) is 10.0 Å². The van der Waals surface area contributed by atoms with Crippen LogP contribution in [-0.4, -0.2) is 17.4 Å². The molecule has 180 valence electrons. The van der Waals surface area contributed by atoms with E-state index in [2.05, 4.69) is 5.16 Å². The van der Waals surface area contributed by atoms with E-state index in [0.29, 0.717) is 27.0 Å². The molecule has 1 spiro atoms. The van der Waals surface area contributed by atoms with Gasteiger partial charge in [0.1, 0.15) is 11.8 Å². The molecule has 0 saturated carbocycles. The van der Waals surface area contributed by atoms with Gasteiger partial charge in [-0.1, -0.05) is 113 Å². The molecule has 0 amide bonds. The van der Waals surface area contributed by atoms with Gasteiger partial charge in [-0.2, -0.15) is 0 Å². The van der Waals surface area contributed by atoms with E-state index in [1.54, 1.807) is 0 Å². The number of benzene rings is 4. The van der Waals surface area contributed by atoms with E-state index < -0.39 is 17.4 Å². The molecule has 0 N–H and O–H groups in total. The van der Waals surface area contributed by atoms with Crippen LogP contribution in [0.3, 0.4) is 0 Å². The van der Waals surface area contributed by atoms with Crippen LogP contribution in [0, 0.1) is 5.41 Å². The minimum Gasteiger partial charge on any atom is -0.316 e. The number of aliphatic imine (C=N–C) groups is 1. The van der Waals surface area contributed by atoms with Crippen molar-refractivity contribution in [3.8, 4) is 0 Å². The van der Waals surface area contributed by atoms with Crippen LogP contribution in [0.4, 0.5) is 0 Å². The molecule has 2 aliphatic rings. The van der Waals surface area contributed by atoms with Crippen molar-refractivity contribution >= 4 is 46.7 Å². The summed E-state index contributed by atoms with van der Waals surface area (Å²) in [4.78, 5) is 24.7. The molecule has 2 atom stereocenters. The highest BCUT2D eigenvalue weighted by molar-refractivity contribution is 6.32. The molecule has 0 radical (unpaired) electrons. The van der Waals surface area contributed by atoms with Crippen molar-refractivity contribution in [1.82, 2.24) is 0 Å². The van der Waals surface area contributed by atoms with Crippen LogP contribution < -0.4 is 0 Å². The fourth-order valence-electron chi connectivity index (χ4n) is 5.02. The number of oxime groups is 1. The van der Waals surface area contributed by atoms with Crippen molar-refractivity contribution in [3.05, 3.63) is 147 Å². The van der Waals surface area contributed by atoms with Gasteiger partial charge in [-0.05, 0) is 41.5 Å². The summed E-state index contributed by atoms with van der Waals surface area (Å²) >= 11 is 12.4. The van der Waals surface area contributed by atoms with Crippen LogP contribution >= 0.6 is 23.2 Å². The van der Waals surface area contributed by atoms with E-state index in [-0.39, 0.29) is 0 Å². The summed E-state index contributed by atoms with van der Waals surface area (Å²) in [6.07, 6.45) is 1.99. The predicted octanol–water partition coefficient (Wildman–Crippen LogP) is 7.57. The number of halogens is 2. The summed E-state index contributed by atoms with van der Waals surface area (Å²) in [5, 5.41) is 5.59. The van der Waals surface area contributed by atoms with Crippen molar-refractivity contribution in [2.45, 2.75) is 6.04 Å².